The van der Waals surface area contributed by atoms with Crippen LogP contribution in [0.2, 0.25) is 0 Å². The first-order valence-corrected chi connectivity index (χ1v) is 7.75. The Labute approximate surface area is 130 Å². The van der Waals surface area contributed by atoms with Crippen molar-refractivity contribution < 1.29 is 9.90 Å². The Kier molecular flexibility index (Phi) is 5.77. The van der Waals surface area contributed by atoms with Gasteiger partial charge in [0.05, 0.1) is 17.1 Å². The molecule has 0 saturated heterocycles. The molecule has 120 valence electrons. The van der Waals surface area contributed by atoms with Gasteiger partial charge < -0.3 is 20.3 Å². The minimum absolute atomic E-state index is 0.209. The van der Waals surface area contributed by atoms with Gasteiger partial charge in [0.1, 0.15) is 5.82 Å². The van der Waals surface area contributed by atoms with Crippen LogP contribution in [0.25, 0.3) is 11.0 Å². The Morgan fingerprint density at radius 1 is 1.32 bits per heavy atom. The summed E-state index contributed by atoms with van der Waals surface area (Å²) in [7, 11) is 0. The molecule has 22 heavy (non-hydrogen) atoms. The zero-order chi connectivity index (χ0) is 15.9. The normalized spacial score (nSPS) is 12.3. The van der Waals surface area contributed by atoms with Gasteiger partial charge in [-0.25, -0.2) is 9.78 Å². The van der Waals surface area contributed by atoms with Gasteiger partial charge in [-0.05, 0) is 32.4 Å². The van der Waals surface area contributed by atoms with Crippen LogP contribution in [-0.4, -0.2) is 39.9 Å². The van der Waals surface area contributed by atoms with E-state index in [0.717, 1.165) is 23.4 Å². The van der Waals surface area contributed by atoms with Crippen molar-refractivity contribution in [2.24, 2.45) is 0 Å². The molecule has 6 heteroatoms. The van der Waals surface area contributed by atoms with E-state index in [9.17, 15) is 4.79 Å². The fraction of sp³-hybridized carbons (Fsp3) is 0.500. The number of fused-ring (bicyclic) bond motifs is 1. The average molecular weight is 304 g/mol. The number of nitrogens with one attached hydrogen (secondary N) is 2. The molecule has 0 saturated carbocycles. The molecule has 3 N–H and O–H groups in total. The summed E-state index contributed by atoms with van der Waals surface area (Å²) in [6.07, 6.45) is 0.843. The predicted molar refractivity (Wildman–Crippen MR) is 86.8 cm³/mol. The molecule has 1 aromatic carbocycles. The van der Waals surface area contributed by atoms with Crippen molar-refractivity contribution >= 4 is 17.1 Å². The van der Waals surface area contributed by atoms with Crippen LogP contribution in [0.4, 0.5) is 4.79 Å². The maximum atomic E-state index is 11.6. The van der Waals surface area contributed by atoms with Crippen molar-refractivity contribution in [3.8, 4) is 0 Å². The van der Waals surface area contributed by atoms with Crippen LogP contribution in [0.15, 0.2) is 24.3 Å². The molecule has 0 aliphatic rings. The van der Waals surface area contributed by atoms with Crippen molar-refractivity contribution in [2.45, 2.75) is 39.3 Å². The van der Waals surface area contributed by atoms with E-state index < -0.39 is 6.10 Å². The Morgan fingerprint density at radius 3 is 2.77 bits per heavy atom. The van der Waals surface area contributed by atoms with Gasteiger partial charge in [-0.1, -0.05) is 12.1 Å². The average Bonchev–Trinajstić information content (AvgIpc) is 2.84. The smallest absolute Gasteiger partial charge is 0.314 e. The molecular weight excluding hydrogens is 280 g/mol. The summed E-state index contributed by atoms with van der Waals surface area (Å²) >= 11 is 0. The zero-order valence-corrected chi connectivity index (χ0v) is 13.2. The second kappa shape index (κ2) is 7.79. The van der Waals surface area contributed by atoms with E-state index in [1.165, 1.54) is 0 Å². The third-order valence-corrected chi connectivity index (χ3v) is 3.53. The van der Waals surface area contributed by atoms with E-state index in [1.54, 1.807) is 6.92 Å². The number of aromatic nitrogens is 2. The van der Waals surface area contributed by atoms with E-state index in [0.29, 0.717) is 25.9 Å². The van der Waals surface area contributed by atoms with E-state index >= 15 is 0 Å². The quantitative estimate of drug-likeness (QED) is 0.728. The highest BCUT2D eigenvalue weighted by Crippen LogP contribution is 2.15. The Balaban J connectivity index is 1.85. The zero-order valence-electron chi connectivity index (χ0n) is 13.2. The topological polar surface area (TPSA) is 79.2 Å². The maximum Gasteiger partial charge on any atom is 0.314 e. The van der Waals surface area contributed by atoms with Crippen LogP contribution in [0.5, 0.6) is 0 Å². The molecule has 1 heterocycles. The minimum Gasteiger partial charge on any atom is -0.393 e. The summed E-state index contributed by atoms with van der Waals surface area (Å²) in [5.74, 6) is 0.980. The van der Waals surface area contributed by atoms with Gasteiger partial charge in [0.25, 0.3) is 0 Å². The SMILES string of the molecule is CCn1c(CCNC(=O)NCCC(C)O)nc2ccccc21. The van der Waals surface area contributed by atoms with E-state index in [4.69, 9.17) is 5.11 Å². The summed E-state index contributed by atoms with van der Waals surface area (Å²) in [6.45, 7) is 5.65. The summed E-state index contributed by atoms with van der Waals surface area (Å²) < 4.78 is 2.17. The number of aliphatic hydroxyl groups is 1. The van der Waals surface area contributed by atoms with Gasteiger partial charge in [0.15, 0.2) is 0 Å². The molecule has 2 aromatic rings. The number of rotatable bonds is 7. The predicted octanol–water partition coefficient (Wildman–Crippen LogP) is 1.67. The van der Waals surface area contributed by atoms with Gasteiger partial charge in [0, 0.05) is 26.1 Å². The summed E-state index contributed by atoms with van der Waals surface area (Å²) in [5, 5.41) is 14.7. The Bertz CT molecular complexity index is 622. The Morgan fingerprint density at radius 2 is 2.05 bits per heavy atom. The first-order chi connectivity index (χ1) is 10.6. The number of hydrogen-bond acceptors (Lipinski definition) is 3. The maximum absolute atomic E-state index is 11.6. The molecule has 0 spiro atoms. The van der Waals surface area contributed by atoms with Crippen molar-refractivity contribution in [1.29, 1.82) is 0 Å². The number of hydrogen-bond donors (Lipinski definition) is 3. The monoisotopic (exact) mass is 304 g/mol. The minimum atomic E-state index is -0.398. The lowest BCUT2D eigenvalue weighted by Crippen LogP contribution is -2.38. The number of carbonyl (C=O) groups excluding carboxylic acids is 1. The van der Waals surface area contributed by atoms with E-state index in [1.807, 2.05) is 18.2 Å². The number of aliphatic hydroxyl groups excluding tert-OH is 1. The molecule has 0 radical (unpaired) electrons. The fourth-order valence-corrected chi connectivity index (χ4v) is 2.41. The van der Waals surface area contributed by atoms with Crippen molar-refractivity contribution in [3.05, 3.63) is 30.1 Å². The first kappa shape index (κ1) is 16.3. The third-order valence-electron chi connectivity index (χ3n) is 3.53. The van der Waals surface area contributed by atoms with Gasteiger partial charge >= 0.3 is 6.03 Å². The fourth-order valence-electron chi connectivity index (χ4n) is 2.41. The highest BCUT2D eigenvalue weighted by Gasteiger charge is 2.09. The second-order valence-corrected chi connectivity index (χ2v) is 5.33. The number of amides is 2. The standard InChI is InChI=1S/C16H24N4O2/c1-3-20-14-7-5-4-6-13(14)19-15(20)9-11-18-16(22)17-10-8-12(2)21/h4-7,12,21H,3,8-11H2,1-2H3,(H2,17,18,22). The van der Waals surface area contributed by atoms with Crippen LogP contribution >= 0.6 is 0 Å². The Hall–Kier alpha value is -2.08. The van der Waals surface area contributed by atoms with Gasteiger partial charge in [-0.3, -0.25) is 0 Å². The number of para-hydroxylation sites is 2. The van der Waals surface area contributed by atoms with Crippen molar-refractivity contribution in [2.75, 3.05) is 13.1 Å². The highest BCUT2D eigenvalue weighted by molar-refractivity contribution is 5.76. The number of carbonyl (C=O) groups is 1. The molecule has 0 fully saturated rings. The molecule has 0 bridgehead atoms. The largest absolute Gasteiger partial charge is 0.393 e. The summed E-state index contributed by atoms with van der Waals surface area (Å²) in [5.41, 5.74) is 2.11. The third kappa shape index (κ3) is 4.21. The number of nitrogens with zero attached hydrogens (tertiary/aromatic N) is 2. The van der Waals surface area contributed by atoms with Crippen LogP contribution in [0.3, 0.4) is 0 Å². The van der Waals surface area contributed by atoms with E-state index in [2.05, 4.69) is 33.2 Å². The molecule has 0 aliphatic carbocycles. The van der Waals surface area contributed by atoms with Crippen LogP contribution in [0, 0.1) is 0 Å². The molecule has 1 atom stereocenters. The van der Waals surface area contributed by atoms with Crippen molar-refractivity contribution in [1.82, 2.24) is 20.2 Å². The number of benzene rings is 1. The molecule has 6 nitrogen and oxygen atoms in total. The molecule has 1 aromatic heterocycles. The lowest BCUT2D eigenvalue weighted by atomic mass is 10.3. The summed E-state index contributed by atoms with van der Waals surface area (Å²) in [6, 6.07) is 7.84. The summed E-state index contributed by atoms with van der Waals surface area (Å²) in [4.78, 5) is 16.2. The van der Waals surface area contributed by atoms with Gasteiger partial charge in [-0.15, -0.1) is 0 Å². The number of aryl methyl sites for hydroxylation is 1. The van der Waals surface area contributed by atoms with Crippen LogP contribution < -0.4 is 10.6 Å². The highest BCUT2D eigenvalue weighted by atomic mass is 16.3. The van der Waals surface area contributed by atoms with Gasteiger partial charge in [-0.2, -0.15) is 0 Å². The molecule has 2 amide bonds. The van der Waals surface area contributed by atoms with E-state index in [-0.39, 0.29) is 6.03 Å². The molecule has 0 aliphatic heterocycles. The molecular formula is C16H24N4O2. The van der Waals surface area contributed by atoms with Crippen LogP contribution in [0.1, 0.15) is 26.1 Å². The van der Waals surface area contributed by atoms with Crippen LogP contribution in [-0.2, 0) is 13.0 Å². The molecule has 2 rings (SSSR count). The number of imidazole rings is 1. The van der Waals surface area contributed by atoms with Crippen molar-refractivity contribution in [3.63, 3.8) is 0 Å². The van der Waals surface area contributed by atoms with Gasteiger partial charge in [0.2, 0.25) is 0 Å². The second-order valence-electron chi connectivity index (χ2n) is 5.33. The lowest BCUT2D eigenvalue weighted by molar-refractivity contribution is 0.183. The first-order valence-electron chi connectivity index (χ1n) is 7.75. The molecule has 1 unspecified atom stereocenters. The number of urea groups is 1. The lowest BCUT2D eigenvalue weighted by Gasteiger charge is -2.09.